The molecule has 0 unspecified atom stereocenters. The lowest BCUT2D eigenvalue weighted by Crippen LogP contribution is -1.96. The summed E-state index contributed by atoms with van der Waals surface area (Å²) in [5.74, 6) is -2.86. The van der Waals surface area contributed by atoms with Crippen molar-refractivity contribution < 1.29 is 24.2 Å². The number of carboxylic acids is 2. The molecule has 5 heteroatoms. The smallest absolute Gasteiger partial charge is 0.371 e. The highest BCUT2D eigenvalue weighted by atomic mass is 16.4. The summed E-state index contributed by atoms with van der Waals surface area (Å²) >= 11 is 0. The van der Waals surface area contributed by atoms with Crippen LogP contribution in [0.2, 0.25) is 0 Å². The first kappa shape index (κ1) is 10.9. The third kappa shape index (κ3) is 2.03. The zero-order valence-corrected chi connectivity index (χ0v) is 8.58. The highest BCUT2D eigenvalue weighted by molar-refractivity contribution is 5.97. The molecule has 1 aromatic heterocycles. The highest BCUT2D eigenvalue weighted by Crippen LogP contribution is 2.27. The second kappa shape index (κ2) is 4.13. The standard InChI is InChI=1S/C12H8O5/c13-11(14)8-6-9(12(15)16)17-10(8)7-4-2-1-3-5-7/h1-6H,(H,13,14)(H,15,16). The molecule has 1 heterocycles. The number of carboxylic acid groups (broad SMARTS) is 2. The molecule has 0 radical (unpaired) electrons. The van der Waals surface area contributed by atoms with Gasteiger partial charge >= 0.3 is 11.9 Å². The number of furan rings is 1. The second-order valence-electron chi connectivity index (χ2n) is 3.33. The summed E-state index contributed by atoms with van der Waals surface area (Å²) in [6.45, 7) is 0. The Morgan fingerprint density at radius 1 is 1.00 bits per heavy atom. The molecule has 17 heavy (non-hydrogen) atoms. The van der Waals surface area contributed by atoms with E-state index < -0.39 is 11.9 Å². The molecule has 0 aliphatic carbocycles. The fraction of sp³-hybridized carbons (Fsp3) is 0. The Labute approximate surface area is 95.9 Å². The van der Waals surface area contributed by atoms with Crippen molar-refractivity contribution in [3.63, 3.8) is 0 Å². The minimum Gasteiger partial charge on any atom is -0.478 e. The molecule has 0 bridgehead atoms. The topological polar surface area (TPSA) is 87.7 Å². The van der Waals surface area contributed by atoms with Gasteiger partial charge in [-0.05, 0) is 0 Å². The van der Waals surface area contributed by atoms with Gasteiger partial charge in [0.15, 0.2) is 0 Å². The van der Waals surface area contributed by atoms with Crippen molar-refractivity contribution in [1.29, 1.82) is 0 Å². The van der Waals surface area contributed by atoms with Crippen LogP contribution in [0.25, 0.3) is 11.3 Å². The maximum absolute atomic E-state index is 11.0. The van der Waals surface area contributed by atoms with Crippen LogP contribution in [0, 0.1) is 0 Å². The van der Waals surface area contributed by atoms with E-state index in [9.17, 15) is 9.59 Å². The summed E-state index contributed by atoms with van der Waals surface area (Å²) < 4.78 is 5.04. The molecule has 0 saturated carbocycles. The van der Waals surface area contributed by atoms with Gasteiger partial charge in [0.05, 0.1) is 0 Å². The minimum atomic E-state index is -1.30. The Morgan fingerprint density at radius 3 is 2.18 bits per heavy atom. The van der Waals surface area contributed by atoms with Crippen molar-refractivity contribution in [2.45, 2.75) is 0 Å². The number of hydrogen-bond donors (Lipinski definition) is 2. The van der Waals surface area contributed by atoms with E-state index in [1.165, 1.54) is 0 Å². The van der Waals surface area contributed by atoms with Crippen molar-refractivity contribution >= 4 is 11.9 Å². The molecule has 1 aromatic carbocycles. The molecule has 2 rings (SSSR count). The highest BCUT2D eigenvalue weighted by Gasteiger charge is 2.21. The van der Waals surface area contributed by atoms with Crippen LogP contribution in [0.5, 0.6) is 0 Å². The van der Waals surface area contributed by atoms with Gasteiger partial charge in [0, 0.05) is 11.6 Å². The Balaban J connectivity index is 2.60. The first-order valence-corrected chi connectivity index (χ1v) is 4.75. The first-order valence-electron chi connectivity index (χ1n) is 4.75. The summed E-state index contributed by atoms with van der Waals surface area (Å²) in [5, 5.41) is 17.7. The van der Waals surface area contributed by atoms with Crippen LogP contribution >= 0.6 is 0 Å². The molecule has 0 fully saturated rings. The van der Waals surface area contributed by atoms with Crippen LogP contribution in [-0.2, 0) is 0 Å². The predicted molar refractivity (Wildman–Crippen MR) is 58.1 cm³/mol. The first-order chi connectivity index (χ1) is 8.09. The molecule has 2 aromatic rings. The summed E-state index contributed by atoms with van der Waals surface area (Å²) in [4.78, 5) is 21.7. The van der Waals surface area contributed by atoms with Crippen LogP contribution in [0.1, 0.15) is 20.9 Å². The lowest BCUT2D eigenvalue weighted by atomic mass is 10.1. The Hall–Kier alpha value is -2.56. The van der Waals surface area contributed by atoms with Gasteiger partial charge in [-0.25, -0.2) is 9.59 Å². The normalized spacial score (nSPS) is 10.1. The third-order valence-corrected chi connectivity index (χ3v) is 2.21. The quantitative estimate of drug-likeness (QED) is 0.847. The van der Waals surface area contributed by atoms with Crippen molar-refractivity contribution in [1.82, 2.24) is 0 Å². The van der Waals surface area contributed by atoms with Crippen LogP contribution in [0.3, 0.4) is 0 Å². The summed E-state index contributed by atoms with van der Waals surface area (Å²) in [7, 11) is 0. The van der Waals surface area contributed by atoms with Crippen LogP contribution < -0.4 is 0 Å². The number of rotatable bonds is 3. The maximum atomic E-state index is 11.0. The van der Waals surface area contributed by atoms with E-state index in [2.05, 4.69) is 0 Å². The number of aromatic carboxylic acids is 2. The molecule has 2 N–H and O–H groups in total. The number of hydrogen-bond acceptors (Lipinski definition) is 3. The number of carbonyl (C=O) groups is 2. The molecule has 0 spiro atoms. The zero-order chi connectivity index (χ0) is 12.4. The summed E-state index contributed by atoms with van der Waals surface area (Å²) in [6, 6.07) is 9.50. The molecule has 0 saturated heterocycles. The van der Waals surface area contributed by atoms with Gasteiger partial charge in [0.25, 0.3) is 0 Å². The molecule has 86 valence electrons. The van der Waals surface area contributed by atoms with Gasteiger partial charge in [-0.15, -0.1) is 0 Å². The second-order valence-corrected chi connectivity index (χ2v) is 3.33. The Kier molecular flexibility index (Phi) is 2.66. The zero-order valence-electron chi connectivity index (χ0n) is 8.58. The van der Waals surface area contributed by atoms with Crippen LogP contribution in [-0.4, -0.2) is 22.2 Å². The van der Waals surface area contributed by atoms with Crippen molar-refractivity contribution in [3.05, 3.63) is 47.7 Å². The maximum Gasteiger partial charge on any atom is 0.371 e. The average Bonchev–Trinajstić information content (AvgIpc) is 2.75. The van der Waals surface area contributed by atoms with Gasteiger partial charge in [-0.3, -0.25) is 0 Å². The van der Waals surface area contributed by atoms with E-state index in [1.54, 1.807) is 30.3 Å². The van der Waals surface area contributed by atoms with E-state index in [0.29, 0.717) is 5.56 Å². The van der Waals surface area contributed by atoms with Gasteiger partial charge in [-0.1, -0.05) is 30.3 Å². The largest absolute Gasteiger partial charge is 0.478 e. The van der Waals surface area contributed by atoms with Crippen molar-refractivity contribution in [2.24, 2.45) is 0 Å². The van der Waals surface area contributed by atoms with E-state index >= 15 is 0 Å². The number of benzene rings is 1. The monoisotopic (exact) mass is 232 g/mol. The summed E-state index contributed by atoms with van der Waals surface area (Å²) in [5.41, 5.74) is 0.367. The van der Waals surface area contributed by atoms with Crippen molar-refractivity contribution in [2.75, 3.05) is 0 Å². The van der Waals surface area contributed by atoms with Crippen LogP contribution in [0.4, 0.5) is 0 Å². The van der Waals surface area contributed by atoms with Crippen molar-refractivity contribution in [3.8, 4) is 11.3 Å². The van der Waals surface area contributed by atoms with E-state index in [0.717, 1.165) is 6.07 Å². The molecule has 0 aliphatic rings. The SMILES string of the molecule is O=C(O)c1cc(C(=O)O)c(-c2ccccc2)o1. The Morgan fingerprint density at radius 2 is 1.65 bits per heavy atom. The minimum absolute atomic E-state index is 0.0514. The molecule has 0 atom stereocenters. The summed E-state index contributed by atoms with van der Waals surface area (Å²) in [6.07, 6.45) is 0. The third-order valence-electron chi connectivity index (χ3n) is 2.21. The lowest BCUT2D eigenvalue weighted by Gasteiger charge is -1.97. The fourth-order valence-electron chi connectivity index (χ4n) is 1.46. The fourth-order valence-corrected chi connectivity index (χ4v) is 1.46. The van der Waals surface area contributed by atoms with Gasteiger partial charge < -0.3 is 14.6 Å². The lowest BCUT2D eigenvalue weighted by molar-refractivity contribution is 0.0661. The van der Waals surface area contributed by atoms with Gasteiger partial charge in [0.2, 0.25) is 5.76 Å². The van der Waals surface area contributed by atoms with E-state index in [-0.39, 0.29) is 17.1 Å². The predicted octanol–water partition coefficient (Wildman–Crippen LogP) is 2.34. The van der Waals surface area contributed by atoms with Gasteiger partial charge in [-0.2, -0.15) is 0 Å². The molecule has 5 nitrogen and oxygen atoms in total. The Bertz CT molecular complexity index is 568. The molecular weight excluding hydrogens is 224 g/mol. The molecule has 0 aliphatic heterocycles. The van der Waals surface area contributed by atoms with E-state index in [4.69, 9.17) is 14.6 Å². The molecular formula is C12H8O5. The average molecular weight is 232 g/mol. The van der Waals surface area contributed by atoms with E-state index in [1.807, 2.05) is 0 Å². The molecule has 0 amide bonds. The van der Waals surface area contributed by atoms with Crippen LogP contribution in [0.15, 0.2) is 40.8 Å². The van der Waals surface area contributed by atoms with Gasteiger partial charge in [0.1, 0.15) is 11.3 Å².